The van der Waals surface area contributed by atoms with Gasteiger partial charge in [-0.2, -0.15) is 0 Å². The van der Waals surface area contributed by atoms with Crippen molar-refractivity contribution in [2.45, 2.75) is 40.5 Å². The third kappa shape index (κ3) is 6.75. The van der Waals surface area contributed by atoms with E-state index in [1.807, 2.05) is 12.1 Å². The average molecular weight is 465 g/mol. The highest BCUT2D eigenvalue weighted by Crippen LogP contribution is 2.35. The fraction of sp³-hybridized carbons (Fsp3) is 0.435. The van der Waals surface area contributed by atoms with Crippen molar-refractivity contribution >= 4 is 32.9 Å². The molecule has 0 N–H and O–H groups in total. The number of rotatable bonds is 10. The molecule has 0 spiro atoms. The van der Waals surface area contributed by atoms with Gasteiger partial charge in [-0.25, -0.2) is 4.79 Å². The Morgan fingerprint density at radius 1 is 1.17 bits per heavy atom. The Labute approximate surface area is 180 Å². The molecule has 0 bridgehead atoms. The van der Waals surface area contributed by atoms with Gasteiger partial charge in [0.2, 0.25) is 0 Å². The summed E-state index contributed by atoms with van der Waals surface area (Å²) in [6, 6.07) is 3.63. The molecule has 0 aliphatic rings. The zero-order valence-corrected chi connectivity index (χ0v) is 19.4. The molecule has 5 nitrogen and oxygen atoms in total. The number of benzene rings is 1. The van der Waals surface area contributed by atoms with Gasteiger partial charge < -0.3 is 18.6 Å². The number of hydrogen-bond donors (Lipinski definition) is 0. The van der Waals surface area contributed by atoms with Crippen LogP contribution in [0.4, 0.5) is 0 Å². The summed E-state index contributed by atoms with van der Waals surface area (Å²) in [5, 5.41) is 0.673. The Morgan fingerprint density at radius 3 is 2.62 bits per heavy atom. The molecule has 1 aromatic heterocycles. The molecule has 0 saturated carbocycles. The molecule has 0 fully saturated rings. The number of aryl methyl sites for hydroxylation is 1. The summed E-state index contributed by atoms with van der Waals surface area (Å²) in [4.78, 5) is 12.5. The first kappa shape index (κ1) is 23.2. The van der Waals surface area contributed by atoms with E-state index in [9.17, 15) is 4.79 Å². The normalized spacial score (nSPS) is 11.6. The molecular weight excluding hydrogens is 436 g/mol. The van der Waals surface area contributed by atoms with Gasteiger partial charge in [0.1, 0.15) is 35.9 Å². The highest BCUT2D eigenvalue weighted by Gasteiger charge is 2.21. The number of allylic oxidation sites excluding steroid dienone is 3. The van der Waals surface area contributed by atoms with Crippen molar-refractivity contribution in [3.05, 3.63) is 51.2 Å². The lowest BCUT2D eigenvalue weighted by atomic mass is 10.1. The summed E-state index contributed by atoms with van der Waals surface area (Å²) in [5.41, 5.74) is 3.63. The van der Waals surface area contributed by atoms with Crippen LogP contribution in [0.5, 0.6) is 5.75 Å². The largest absolute Gasteiger partial charge is 0.488 e. The summed E-state index contributed by atoms with van der Waals surface area (Å²) >= 11 is 3.52. The first-order chi connectivity index (χ1) is 13.8. The zero-order chi connectivity index (χ0) is 21.4. The van der Waals surface area contributed by atoms with E-state index < -0.39 is 5.97 Å². The van der Waals surface area contributed by atoms with Crippen LogP contribution in [-0.2, 0) is 9.47 Å². The summed E-state index contributed by atoms with van der Waals surface area (Å²) in [5.74, 6) is 0.737. The minimum atomic E-state index is -0.429. The van der Waals surface area contributed by atoms with E-state index in [-0.39, 0.29) is 6.61 Å². The van der Waals surface area contributed by atoms with E-state index in [1.165, 1.54) is 11.1 Å². The number of carbonyl (C=O) groups excluding carboxylic acids is 1. The summed E-state index contributed by atoms with van der Waals surface area (Å²) in [6.07, 6.45) is 6.35. The predicted molar refractivity (Wildman–Crippen MR) is 119 cm³/mol. The highest BCUT2D eigenvalue weighted by atomic mass is 79.9. The number of methoxy groups -OCH3 is 1. The smallest absolute Gasteiger partial charge is 0.342 e. The van der Waals surface area contributed by atoms with Crippen molar-refractivity contribution in [1.82, 2.24) is 0 Å². The average Bonchev–Trinajstić information content (AvgIpc) is 2.96. The quantitative estimate of drug-likeness (QED) is 0.232. The van der Waals surface area contributed by atoms with Crippen molar-refractivity contribution in [1.29, 1.82) is 0 Å². The fourth-order valence-corrected chi connectivity index (χ4v) is 3.28. The van der Waals surface area contributed by atoms with Gasteiger partial charge in [-0.05, 0) is 74.7 Å². The molecule has 6 heteroatoms. The SMILES string of the molecule is COCCOC(=O)c1c(C)oc2cc(Br)c(OC/C=C(\C)CCC=C(C)C)cc12. The second-order valence-corrected chi connectivity index (χ2v) is 7.98. The first-order valence-corrected chi connectivity index (χ1v) is 10.4. The summed E-state index contributed by atoms with van der Waals surface area (Å²) in [7, 11) is 1.56. The van der Waals surface area contributed by atoms with Gasteiger partial charge in [-0.3, -0.25) is 0 Å². The number of ether oxygens (including phenoxy) is 3. The van der Waals surface area contributed by atoms with Crippen molar-refractivity contribution in [2.75, 3.05) is 26.9 Å². The van der Waals surface area contributed by atoms with Crippen LogP contribution in [0.3, 0.4) is 0 Å². The van der Waals surface area contributed by atoms with Gasteiger partial charge in [-0.15, -0.1) is 0 Å². The third-order valence-corrected chi connectivity index (χ3v) is 5.02. The summed E-state index contributed by atoms with van der Waals surface area (Å²) < 4.78 is 22.6. The van der Waals surface area contributed by atoms with Crippen LogP contribution in [0.15, 0.2) is 44.3 Å². The van der Waals surface area contributed by atoms with Gasteiger partial charge in [0, 0.05) is 12.5 Å². The van der Waals surface area contributed by atoms with Gasteiger partial charge >= 0.3 is 5.97 Å². The second kappa shape index (κ2) is 11.2. The number of carbonyl (C=O) groups is 1. The van der Waals surface area contributed by atoms with Crippen molar-refractivity contribution in [3.8, 4) is 5.75 Å². The number of fused-ring (bicyclic) bond motifs is 1. The maximum Gasteiger partial charge on any atom is 0.342 e. The lowest BCUT2D eigenvalue weighted by Gasteiger charge is -2.08. The Balaban J connectivity index is 2.14. The second-order valence-electron chi connectivity index (χ2n) is 7.12. The Morgan fingerprint density at radius 2 is 1.93 bits per heavy atom. The maximum absolute atomic E-state index is 12.5. The number of esters is 1. The van der Waals surface area contributed by atoms with Crippen LogP contribution in [0.25, 0.3) is 11.0 Å². The molecular formula is C23H29BrO5. The molecule has 0 atom stereocenters. The van der Waals surface area contributed by atoms with E-state index in [0.29, 0.717) is 41.3 Å². The molecule has 0 radical (unpaired) electrons. The topological polar surface area (TPSA) is 57.9 Å². The van der Waals surface area contributed by atoms with Crippen LogP contribution in [-0.4, -0.2) is 32.9 Å². The van der Waals surface area contributed by atoms with E-state index in [1.54, 1.807) is 14.0 Å². The van der Waals surface area contributed by atoms with Crippen molar-refractivity contribution in [2.24, 2.45) is 0 Å². The fourth-order valence-electron chi connectivity index (χ4n) is 2.84. The molecule has 0 aliphatic heterocycles. The standard InChI is InChI=1S/C23H29BrO5/c1-15(2)7-6-8-16(3)9-10-27-21-13-18-20(14-19(21)24)29-17(4)22(18)23(25)28-12-11-26-5/h7,9,13-14H,6,8,10-12H2,1-5H3/b16-9+. The maximum atomic E-state index is 12.5. The van der Waals surface area contributed by atoms with Crippen LogP contribution in [0, 0.1) is 6.92 Å². The molecule has 0 amide bonds. The number of hydrogen-bond acceptors (Lipinski definition) is 5. The molecule has 29 heavy (non-hydrogen) atoms. The van der Waals surface area contributed by atoms with E-state index >= 15 is 0 Å². The minimum Gasteiger partial charge on any atom is -0.488 e. The van der Waals surface area contributed by atoms with Gasteiger partial charge in [0.05, 0.1) is 11.1 Å². The van der Waals surface area contributed by atoms with Crippen molar-refractivity contribution < 1.29 is 23.4 Å². The molecule has 1 aromatic carbocycles. The first-order valence-electron chi connectivity index (χ1n) is 9.64. The Kier molecular flexibility index (Phi) is 8.99. The predicted octanol–water partition coefficient (Wildman–Crippen LogP) is 6.38. The monoisotopic (exact) mass is 464 g/mol. The molecule has 158 valence electrons. The van der Waals surface area contributed by atoms with E-state index in [0.717, 1.165) is 17.3 Å². The summed E-state index contributed by atoms with van der Waals surface area (Å²) in [6.45, 7) is 9.06. The highest BCUT2D eigenvalue weighted by molar-refractivity contribution is 9.10. The van der Waals surface area contributed by atoms with Crippen LogP contribution in [0.1, 0.15) is 49.7 Å². The van der Waals surface area contributed by atoms with E-state index in [2.05, 4.69) is 48.9 Å². The molecule has 0 aliphatic carbocycles. The van der Waals surface area contributed by atoms with Gasteiger partial charge in [-0.1, -0.05) is 17.2 Å². The van der Waals surface area contributed by atoms with Gasteiger partial charge in [0.15, 0.2) is 0 Å². The van der Waals surface area contributed by atoms with Crippen LogP contribution in [0.2, 0.25) is 0 Å². The molecule has 1 heterocycles. The minimum absolute atomic E-state index is 0.193. The molecule has 2 rings (SSSR count). The lowest BCUT2D eigenvalue weighted by Crippen LogP contribution is -2.10. The van der Waals surface area contributed by atoms with E-state index in [4.69, 9.17) is 18.6 Å². The number of furan rings is 1. The van der Waals surface area contributed by atoms with Gasteiger partial charge in [0.25, 0.3) is 0 Å². The Hall–Kier alpha value is -2.05. The third-order valence-electron chi connectivity index (χ3n) is 4.41. The van der Waals surface area contributed by atoms with Crippen LogP contribution < -0.4 is 4.74 Å². The molecule has 2 aromatic rings. The number of halogens is 1. The zero-order valence-electron chi connectivity index (χ0n) is 17.8. The molecule has 0 saturated heterocycles. The Bertz CT molecular complexity index is 904. The van der Waals surface area contributed by atoms with Crippen LogP contribution >= 0.6 is 15.9 Å². The lowest BCUT2D eigenvalue weighted by molar-refractivity contribution is 0.0388. The van der Waals surface area contributed by atoms with Crippen molar-refractivity contribution in [3.63, 3.8) is 0 Å². The molecule has 0 unspecified atom stereocenters.